The van der Waals surface area contributed by atoms with E-state index in [1.54, 1.807) is 0 Å². The Bertz CT molecular complexity index is 126. The standard InChI is InChI=1S/C10H21NO/c1-4-10(3,5-2)9-8-12-7-6-11-9/h9,11H,4-8H2,1-3H3. The van der Waals surface area contributed by atoms with Gasteiger partial charge in [0.1, 0.15) is 0 Å². The normalized spacial score (nSPS) is 25.8. The highest BCUT2D eigenvalue weighted by Crippen LogP contribution is 2.30. The van der Waals surface area contributed by atoms with Crippen molar-refractivity contribution in [2.45, 2.75) is 39.7 Å². The molecule has 0 radical (unpaired) electrons. The molecule has 2 nitrogen and oxygen atoms in total. The van der Waals surface area contributed by atoms with Crippen LogP contribution in [-0.4, -0.2) is 25.8 Å². The van der Waals surface area contributed by atoms with Gasteiger partial charge in [-0.2, -0.15) is 0 Å². The van der Waals surface area contributed by atoms with Gasteiger partial charge in [0, 0.05) is 12.6 Å². The van der Waals surface area contributed by atoms with Crippen molar-refractivity contribution in [3.8, 4) is 0 Å². The molecular weight excluding hydrogens is 150 g/mol. The van der Waals surface area contributed by atoms with Crippen LogP contribution in [-0.2, 0) is 4.74 Å². The van der Waals surface area contributed by atoms with E-state index >= 15 is 0 Å². The predicted octanol–water partition coefficient (Wildman–Crippen LogP) is 1.80. The fourth-order valence-corrected chi connectivity index (χ4v) is 1.76. The second-order valence-electron chi connectivity index (χ2n) is 3.94. The van der Waals surface area contributed by atoms with E-state index < -0.39 is 0 Å². The smallest absolute Gasteiger partial charge is 0.0625 e. The van der Waals surface area contributed by atoms with Crippen molar-refractivity contribution in [2.75, 3.05) is 19.8 Å². The third-order valence-electron chi connectivity index (χ3n) is 3.38. The van der Waals surface area contributed by atoms with E-state index in [1.165, 1.54) is 12.8 Å². The molecule has 72 valence electrons. The number of hydrogen-bond acceptors (Lipinski definition) is 2. The fourth-order valence-electron chi connectivity index (χ4n) is 1.76. The topological polar surface area (TPSA) is 21.3 Å². The van der Waals surface area contributed by atoms with E-state index in [0.29, 0.717) is 11.5 Å². The predicted molar refractivity (Wildman–Crippen MR) is 51.3 cm³/mol. The second kappa shape index (κ2) is 4.24. The number of hydrogen-bond donors (Lipinski definition) is 1. The summed E-state index contributed by atoms with van der Waals surface area (Å²) in [5.41, 5.74) is 0.417. The van der Waals surface area contributed by atoms with Gasteiger partial charge in [-0.15, -0.1) is 0 Å². The summed E-state index contributed by atoms with van der Waals surface area (Å²) < 4.78 is 5.47. The maximum absolute atomic E-state index is 5.47. The summed E-state index contributed by atoms with van der Waals surface area (Å²) >= 11 is 0. The van der Waals surface area contributed by atoms with Crippen LogP contribution in [0.5, 0.6) is 0 Å². The van der Waals surface area contributed by atoms with Crippen LogP contribution < -0.4 is 5.32 Å². The Morgan fingerprint density at radius 1 is 1.42 bits per heavy atom. The Morgan fingerprint density at radius 3 is 2.50 bits per heavy atom. The van der Waals surface area contributed by atoms with Crippen LogP contribution in [0.25, 0.3) is 0 Å². The van der Waals surface area contributed by atoms with E-state index in [1.807, 2.05) is 0 Å². The molecule has 1 heterocycles. The first-order chi connectivity index (χ1) is 5.73. The SMILES string of the molecule is CCC(C)(CC)C1COCCN1. The van der Waals surface area contributed by atoms with Gasteiger partial charge in [-0.3, -0.25) is 0 Å². The van der Waals surface area contributed by atoms with Gasteiger partial charge < -0.3 is 10.1 Å². The third-order valence-corrected chi connectivity index (χ3v) is 3.38. The number of nitrogens with one attached hydrogen (secondary N) is 1. The zero-order valence-electron chi connectivity index (χ0n) is 8.52. The summed E-state index contributed by atoms with van der Waals surface area (Å²) in [5.74, 6) is 0. The number of ether oxygens (including phenoxy) is 1. The van der Waals surface area contributed by atoms with Gasteiger partial charge >= 0.3 is 0 Å². The molecule has 1 rings (SSSR count). The molecule has 0 aliphatic carbocycles. The van der Waals surface area contributed by atoms with E-state index in [0.717, 1.165) is 19.8 Å². The summed E-state index contributed by atoms with van der Waals surface area (Å²) in [6.45, 7) is 9.65. The van der Waals surface area contributed by atoms with Crippen LogP contribution in [0.3, 0.4) is 0 Å². The molecule has 1 unspecified atom stereocenters. The maximum Gasteiger partial charge on any atom is 0.0625 e. The Hall–Kier alpha value is -0.0800. The van der Waals surface area contributed by atoms with Crippen molar-refractivity contribution in [2.24, 2.45) is 5.41 Å². The van der Waals surface area contributed by atoms with Crippen LogP contribution in [0.15, 0.2) is 0 Å². The zero-order chi connectivity index (χ0) is 9.03. The van der Waals surface area contributed by atoms with Crippen LogP contribution in [0.4, 0.5) is 0 Å². The van der Waals surface area contributed by atoms with Gasteiger partial charge in [-0.25, -0.2) is 0 Å². The highest BCUT2D eigenvalue weighted by Gasteiger charge is 2.31. The Balaban J connectivity index is 2.51. The lowest BCUT2D eigenvalue weighted by Gasteiger charge is -2.39. The summed E-state index contributed by atoms with van der Waals surface area (Å²) in [5, 5.41) is 3.54. The first-order valence-corrected chi connectivity index (χ1v) is 5.04. The van der Waals surface area contributed by atoms with Crippen LogP contribution in [0.2, 0.25) is 0 Å². The minimum absolute atomic E-state index is 0.417. The van der Waals surface area contributed by atoms with E-state index in [9.17, 15) is 0 Å². The molecule has 1 fully saturated rings. The van der Waals surface area contributed by atoms with Gasteiger partial charge in [0.2, 0.25) is 0 Å². The lowest BCUT2D eigenvalue weighted by atomic mass is 9.77. The molecule has 0 bridgehead atoms. The van der Waals surface area contributed by atoms with Crippen LogP contribution in [0, 0.1) is 5.41 Å². The Labute approximate surface area is 75.7 Å². The van der Waals surface area contributed by atoms with E-state index in [4.69, 9.17) is 4.74 Å². The second-order valence-corrected chi connectivity index (χ2v) is 3.94. The fraction of sp³-hybridized carbons (Fsp3) is 1.00. The summed E-state index contributed by atoms with van der Waals surface area (Å²) in [7, 11) is 0. The molecule has 0 amide bonds. The highest BCUT2D eigenvalue weighted by molar-refractivity contribution is 4.87. The molecule has 0 spiro atoms. The third kappa shape index (κ3) is 1.99. The Morgan fingerprint density at radius 2 is 2.08 bits per heavy atom. The first kappa shape index (κ1) is 10.0. The maximum atomic E-state index is 5.47. The van der Waals surface area contributed by atoms with Crippen molar-refractivity contribution < 1.29 is 4.74 Å². The summed E-state index contributed by atoms with van der Waals surface area (Å²) in [6, 6.07) is 0.557. The average Bonchev–Trinajstić information content (AvgIpc) is 2.18. The lowest BCUT2D eigenvalue weighted by Crippen LogP contribution is -2.50. The molecule has 0 saturated carbocycles. The van der Waals surface area contributed by atoms with Crippen molar-refractivity contribution in [3.63, 3.8) is 0 Å². The van der Waals surface area contributed by atoms with E-state index in [2.05, 4.69) is 26.1 Å². The Kier molecular flexibility index (Phi) is 3.53. The van der Waals surface area contributed by atoms with Gasteiger partial charge in [0.25, 0.3) is 0 Å². The quantitative estimate of drug-likeness (QED) is 0.699. The molecular formula is C10H21NO. The highest BCUT2D eigenvalue weighted by atomic mass is 16.5. The summed E-state index contributed by atoms with van der Waals surface area (Å²) in [6.07, 6.45) is 2.45. The molecule has 0 aromatic heterocycles. The molecule has 1 atom stereocenters. The number of rotatable bonds is 3. The molecule has 0 aromatic carbocycles. The minimum atomic E-state index is 0.417. The molecule has 1 aliphatic rings. The molecule has 1 aliphatic heterocycles. The molecule has 1 saturated heterocycles. The molecule has 0 aromatic rings. The van der Waals surface area contributed by atoms with Crippen LogP contribution >= 0.6 is 0 Å². The summed E-state index contributed by atoms with van der Waals surface area (Å²) in [4.78, 5) is 0. The van der Waals surface area contributed by atoms with Crippen molar-refractivity contribution in [1.82, 2.24) is 5.32 Å². The number of morpholine rings is 1. The average molecular weight is 171 g/mol. The van der Waals surface area contributed by atoms with Gasteiger partial charge in [-0.05, 0) is 18.3 Å². The molecule has 2 heteroatoms. The minimum Gasteiger partial charge on any atom is -0.378 e. The van der Waals surface area contributed by atoms with Crippen molar-refractivity contribution >= 4 is 0 Å². The zero-order valence-corrected chi connectivity index (χ0v) is 8.52. The van der Waals surface area contributed by atoms with Gasteiger partial charge in [0.05, 0.1) is 13.2 Å². The van der Waals surface area contributed by atoms with E-state index in [-0.39, 0.29) is 0 Å². The van der Waals surface area contributed by atoms with Gasteiger partial charge in [0.15, 0.2) is 0 Å². The lowest BCUT2D eigenvalue weighted by molar-refractivity contribution is 0.0242. The van der Waals surface area contributed by atoms with Crippen molar-refractivity contribution in [1.29, 1.82) is 0 Å². The largest absolute Gasteiger partial charge is 0.378 e. The van der Waals surface area contributed by atoms with Gasteiger partial charge in [-0.1, -0.05) is 20.8 Å². The monoisotopic (exact) mass is 171 g/mol. The first-order valence-electron chi connectivity index (χ1n) is 5.04. The molecule has 12 heavy (non-hydrogen) atoms. The molecule has 1 N–H and O–H groups in total. The van der Waals surface area contributed by atoms with Crippen LogP contribution in [0.1, 0.15) is 33.6 Å². The van der Waals surface area contributed by atoms with Crippen molar-refractivity contribution in [3.05, 3.63) is 0 Å².